The lowest BCUT2D eigenvalue weighted by Gasteiger charge is -2.36. The Morgan fingerprint density at radius 2 is 1.89 bits per heavy atom. The molecular weight excluding hydrogens is 501 g/mol. The van der Waals surface area contributed by atoms with Gasteiger partial charge in [0.05, 0.1) is 35.3 Å². The molecule has 12 heteroatoms. The zero-order chi connectivity index (χ0) is 25.4. The van der Waals surface area contributed by atoms with Crippen molar-refractivity contribution in [1.29, 1.82) is 0 Å². The fraction of sp³-hybridized carbons (Fsp3) is 0.375. The summed E-state index contributed by atoms with van der Waals surface area (Å²) in [5, 5.41) is 13.2. The van der Waals surface area contributed by atoms with E-state index in [1.807, 2.05) is 11.0 Å². The summed E-state index contributed by atoms with van der Waals surface area (Å²) in [6.07, 6.45) is -4.56. The van der Waals surface area contributed by atoms with E-state index in [0.717, 1.165) is 11.6 Å². The number of benzene rings is 2. The summed E-state index contributed by atoms with van der Waals surface area (Å²) in [6.45, 7) is 3.00. The summed E-state index contributed by atoms with van der Waals surface area (Å²) < 4.78 is 52.2. The molecule has 3 heterocycles. The van der Waals surface area contributed by atoms with Crippen LogP contribution in [-0.2, 0) is 22.3 Å². The van der Waals surface area contributed by atoms with Gasteiger partial charge in [0.15, 0.2) is 0 Å². The molecule has 3 aromatic rings. The predicted octanol–water partition coefficient (Wildman–Crippen LogP) is 4.43. The third-order valence-electron chi connectivity index (χ3n) is 6.31. The van der Waals surface area contributed by atoms with Gasteiger partial charge in [-0.3, -0.25) is 9.69 Å². The van der Waals surface area contributed by atoms with Crippen LogP contribution in [0, 0.1) is 5.92 Å². The number of aliphatic carboxylic acids is 1. The van der Waals surface area contributed by atoms with Gasteiger partial charge in [-0.15, -0.1) is 0 Å². The first kappa shape index (κ1) is 24.5. The number of hydrogen-bond acceptors (Lipinski definition) is 7. The molecule has 1 aromatic heterocycles. The van der Waals surface area contributed by atoms with E-state index in [-0.39, 0.29) is 28.9 Å². The lowest BCUT2D eigenvalue weighted by atomic mass is 9.99. The summed E-state index contributed by atoms with van der Waals surface area (Å²) >= 11 is 6.43. The second kappa shape index (κ2) is 9.72. The van der Waals surface area contributed by atoms with Crippen LogP contribution >= 0.6 is 11.6 Å². The zero-order valence-corrected chi connectivity index (χ0v) is 19.7. The molecule has 2 aliphatic rings. The highest BCUT2D eigenvalue weighted by atomic mass is 35.5. The quantitative estimate of drug-likeness (QED) is 0.508. The number of carboxylic acids is 1. The van der Waals surface area contributed by atoms with Gasteiger partial charge in [-0.25, -0.2) is 0 Å². The number of rotatable bonds is 6. The average Bonchev–Trinajstić information content (AvgIpc) is 3.30. The van der Waals surface area contributed by atoms with Gasteiger partial charge in [-0.1, -0.05) is 22.8 Å². The minimum absolute atomic E-state index is 0.0180. The lowest BCUT2D eigenvalue weighted by molar-refractivity contribution is -0.147. The topological polar surface area (TPSA) is 91.9 Å². The summed E-state index contributed by atoms with van der Waals surface area (Å²) in [5.74, 6) is -1.05. The fourth-order valence-electron chi connectivity index (χ4n) is 4.38. The number of nitrogens with zero attached hydrogens (tertiary/aromatic N) is 4. The van der Waals surface area contributed by atoms with E-state index in [0.29, 0.717) is 56.5 Å². The zero-order valence-electron chi connectivity index (χ0n) is 19.0. The van der Waals surface area contributed by atoms with Crippen LogP contribution in [-0.4, -0.2) is 65.5 Å². The minimum atomic E-state index is -4.56. The summed E-state index contributed by atoms with van der Waals surface area (Å²) in [5.41, 5.74) is 0.835. The molecule has 0 atom stereocenters. The van der Waals surface area contributed by atoms with Crippen molar-refractivity contribution >= 4 is 23.3 Å². The van der Waals surface area contributed by atoms with Crippen LogP contribution in [0.4, 0.5) is 18.9 Å². The molecule has 2 saturated heterocycles. The number of carbonyl (C=O) groups is 1. The van der Waals surface area contributed by atoms with E-state index in [4.69, 9.17) is 26.0 Å². The molecule has 0 spiro atoms. The van der Waals surface area contributed by atoms with Crippen molar-refractivity contribution in [1.82, 2.24) is 15.0 Å². The summed E-state index contributed by atoms with van der Waals surface area (Å²) in [6, 6.07) is 9.24. The Labute approximate surface area is 209 Å². The summed E-state index contributed by atoms with van der Waals surface area (Å²) in [4.78, 5) is 18.9. The molecule has 2 fully saturated rings. The maximum atomic E-state index is 13.9. The third-order valence-corrected chi connectivity index (χ3v) is 6.63. The third kappa shape index (κ3) is 5.04. The first-order valence-corrected chi connectivity index (χ1v) is 11.7. The van der Waals surface area contributed by atoms with Crippen molar-refractivity contribution in [2.75, 3.05) is 44.3 Å². The van der Waals surface area contributed by atoms with Gasteiger partial charge in [-0.2, -0.15) is 18.2 Å². The second-order valence-corrected chi connectivity index (χ2v) is 9.20. The molecule has 0 saturated carbocycles. The number of aromatic nitrogens is 2. The molecule has 2 aromatic carbocycles. The Morgan fingerprint density at radius 3 is 2.56 bits per heavy atom. The maximum Gasteiger partial charge on any atom is 0.418 e. The predicted molar refractivity (Wildman–Crippen MR) is 125 cm³/mol. The molecule has 5 rings (SSSR count). The molecule has 0 amide bonds. The fourth-order valence-corrected chi connectivity index (χ4v) is 4.66. The number of halogens is 4. The summed E-state index contributed by atoms with van der Waals surface area (Å²) in [7, 11) is 0. The smallest absolute Gasteiger partial charge is 0.418 e. The van der Waals surface area contributed by atoms with E-state index >= 15 is 0 Å². The van der Waals surface area contributed by atoms with Crippen LogP contribution in [0.15, 0.2) is 40.9 Å². The van der Waals surface area contributed by atoms with E-state index in [9.17, 15) is 18.0 Å². The number of hydrogen-bond donors (Lipinski definition) is 1. The Bertz CT molecular complexity index is 1270. The van der Waals surface area contributed by atoms with Gasteiger partial charge >= 0.3 is 12.1 Å². The molecule has 36 heavy (non-hydrogen) atoms. The van der Waals surface area contributed by atoms with Crippen molar-refractivity contribution in [2.45, 2.75) is 12.7 Å². The Morgan fingerprint density at radius 1 is 1.14 bits per heavy atom. The molecule has 190 valence electrons. The van der Waals surface area contributed by atoms with Gasteiger partial charge in [0, 0.05) is 44.0 Å². The minimum Gasteiger partial charge on any atom is -0.481 e. The van der Waals surface area contributed by atoms with Gasteiger partial charge in [-0.05, 0) is 35.9 Å². The molecule has 0 radical (unpaired) electrons. The van der Waals surface area contributed by atoms with Crippen molar-refractivity contribution in [3.63, 3.8) is 0 Å². The Kier molecular flexibility index (Phi) is 6.62. The highest BCUT2D eigenvalue weighted by Crippen LogP contribution is 2.39. The SMILES string of the molecule is O=C(O)C1CN(Cc2ccc(-c3nc(-c4ccc(N5CCOCC5)c(C(F)(F)F)c4)no3)c(Cl)c2)C1. The number of alkyl halides is 3. The first-order chi connectivity index (χ1) is 17.2. The van der Waals surface area contributed by atoms with Crippen LogP contribution in [0.5, 0.6) is 0 Å². The first-order valence-electron chi connectivity index (χ1n) is 11.3. The van der Waals surface area contributed by atoms with Crippen molar-refractivity contribution in [3.8, 4) is 22.8 Å². The standard InChI is InChI=1S/C24H22ClF3N4O4/c25-19-9-14(11-31-12-16(13-31)23(33)34)1-3-17(19)22-29-21(30-36-22)15-2-4-20(18(10-15)24(26,27)28)32-5-7-35-8-6-32/h1-4,9-10,16H,5-8,11-13H2,(H,33,34). The Balaban J connectivity index is 1.35. The molecule has 0 unspecified atom stereocenters. The van der Waals surface area contributed by atoms with Gasteiger partial charge in [0.2, 0.25) is 5.82 Å². The molecule has 8 nitrogen and oxygen atoms in total. The van der Waals surface area contributed by atoms with Crippen LogP contribution < -0.4 is 4.90 Å². The molecular formula is C24H22ClF3N4O4. The molecule has 1 N–H and O–H groups in total. The van der Waals surface area contributed by atoms with Crippen molar-refractivity contribution in [2.24, 2.45) is 5.92 Å². The number of anilines is 1. The monoisotopic (exact) mass is 522 g/mol. The van der Waals surface area contributed by atoms with E-state index in [1.54, 1.807) is 17.0 Å². The normalized spacial score (nSPS) is 17.3. The highest BCUT2D eigenvalue weighted by Gasteiger charge is 2.36. The van der Waals surface area contributed by atoms with E-state index < -0.39 is 17.7 Å². The van der Waals surface area contributed by atoms with Gasteiger partial charge in [0.1, 0.15) is 0 Å². The van der Waals surface area contributed by atoms with Crippen LogP contribution in [0.3, 0.4) is 0 Å². The van der Waals surface area contributed by atoms with Crippen LogP contribution in [0.1, 0.15) is 11.1 Å². The van der Waals surface area contributed by atoms with Gasteiger partial charge < -0.3 is 19.3 Å². The number of ether oxygens (including phenoxy) is 1. The highest BCUT2D eigenvalue weighted by molar-refractivity contribution is 6.33. The molecule has 0 bridgehead atoms. The molecule has 0 aliphatic carbocycles. The molecule has 2 aliphatic heterocycles. The van der Waals surface area contributed by atoms with Crippen LogP contribution in [0.25, 0.3) is 22.8 Å². The number of morpholine rings is 1. The van der Waals surface area contributed by atoms with E-state index in [2.05, 4.69) is 10.1 Å². The largest absolute Gasteiger partial charge is 0.481 e. The average molecular weight is 523 g/mol. The number of likely N-dealkylation sites (tertiary alicyclic amines) is 1. The van der Waals surface area contributed by atoms with E-state index in [1.165, 1.54) is 12.1 Å². The van der Waals surface area contributed by atoms with Crippen LogP contribution in [0.2, 0.25) is 5.02 Å². The second-order valence-electron chi connectivity index (χ2n) is 8.80. The van der Waals surface area contributed by atoms with Crippen molar-refractivity contribution < 1.29 is 32.3 Å². The lowest BCUT2D eigenvalue weighted by Crippen LogP contribution is -2.49. The maximum absolute atomic E-state index is 13.9. The van der Waals surface area contributed by atoms with Gasteiger partial charge in [0.25, 0.3) is 5.89 Å². The Hall–Kier alpha value is -3.15. The van der Waals surface area contributed by atoms with Crippen molar-refractivity contribution in [3.05, 3.63) is 52.5 Å². The number of carboxylic acid groups (broad SMARTS) is 1.